The van der Waals surface area contributed by atoms with Crippen LogP contribution in [0.5, 0.6) is 5.75 Å². The molecule has 4 rings (SSSR count). The molecule has 0 unspecified atom stereocenters. The van der Waals surface area contributed by atoms with Gasteiger partial charge in [0.2, 0.25) is 11.9 Å². The number of fused-ring (bicyclic) bond motifs is 1. The summed E-state index contributed by atoms with van der Waals surface area (Å²) >= 11 is 1.40. The van der Waals surface area contributed by atoms with Crippen LogP contribution < -0.4 is 20.5 Å². The molecule has 8 heteroatoms. The predicted molar refractivity (Wildman–Crippen MR) is 119 cm³/mol. The third kappa shape index (κ3) is 4.48. The quantitative estimate of drug-likeness (QED) is 0.599. The first kappa shape index (κ1) is 20.4. The van der Waals surface area contributed by atoms with Gasteiger partial charge in [-0.2, -0.15) is 0 Å². The number of thiophene rings is 1. The van der Waals surface area contributed by atoms with Crippen LogP contribution in [-0.4, -0.2) is 35.2 Å². The van der Waals surface area contributed by atoms with Crippen molar-refractivity contribution in [2.24, 2.45) is 0 Å². The zero-order chi connectivity index (χ0) is 20.9. The first-order valence-electron chi connectivity index (χ1n) is 10.4. The van der Waals surface area contributed by atoms with Crippen LogP contribution in [0.1, 0.15) is 31.7 Å². The molecular formula is C22H26N4O3S. The molecule has 2 aromatic heterocycles. The van der Waals surface area contributed by atoms with E-state index in [1.807, 2.05) is 42.6 Å². The maximum absolute atomic E-state index is 13.0. The Morgan fingerprint density at radius 1 is 1.27 bits per heavy atom. The fourth-order valence-electron chi connectivity index (χ4n) is 3.71. The third-order valence-corrected chi connectivity index (χ3v) is 6.09. The van der Waals surface area contributed by atoms with E-state index in [2.05, 4.69) is 10.2 Å². The molecule has 0 atom stereocenters. The number of nitrogens with zero attached hydrogens (tertiary/aromatic N) is 3. The van der Waals surface area contributed by atoms with E-state index in [0.717, 1.165) is 42.8 Å². The number of carbonyl (C=O) groups excluding carboxylic acids is 1. The number of carbonyl (C=O) groups is 1. The van der Waals surface area contributed by atoms with Crippen LogP contribution in [0.2, 0.25) is 0 Å². The number of anilines is 1. The van der Waals surface area contributed by atoms with Crippen molar-refractivity contribution >= 4 is 33.4 Å². The van der Waals surface area contributed by atoms with E-state index < -0.39 is 0 Å². The van der Waals surface area contributed by atoms with Crippen molar-refractivity contribution < 1.29 is 9.53 Å². The SMILES string of the molecule is CCOc1cccc(CNC(=O)CCn2c(N3CCCC3)nc3ccsc3c2=O)c1. The van der Waals surface area contributed by atoms with Crippen molar-refractivity contribution in [1.29, 1.82) is 0 Å². The average molecular weight is 427 g/mol. The molecule has 1 aromatic carbocycles. The van der Waals surface area contributed by atoms with Crippen LogP contribution in [0.3, 0.4) is 0 Å². The molecular weight excluding hydrogens is 400 g/mol. The van der Waals surface area contributed by atoms with Gasteiger partial charge in [0.25, 0.3) is 5.56 Å². The number of benzene rings is 1. The number of aromatic nitrogens is 2. The summed E-state index contributed by atoms with van der Waals surface area (Å²) in [5.41, 5.74) is 1.65. The third-order valence-electron chi connectivity index (χ3n) is 5.20. The van der Waals surface area contributed by atoms with Crippen molar-refractivity contribution in [3.8, 4) is 5.75 Å². The van der Waals surface area contributed by atoms with E-state index >= 15 is 0 Å². The fraction of sp³-hybridized carbons (Fsp3) is 0.409. The minimum absolute atomic E-state index is 0.0610. The highest BCUT2D eigenvalue weighted by atomic mass is 32.1. The number of ether oxygens (including phenoxy) is 1. The predicted octanol–water partition coefficient (Wildman–Crippen LogP) is 3.16. The molecule has 1 saturated heterocycles. The highest BCUT2D eigenvalue weighted by molar-refractivity contribution is 7.17. The Morgan fingerprint density at radius 3 is 2.90 bits per heavy atom. The molecule has 1 aliphatic heterocycles. The summed E-state index contributed by atoms with van der Waals surface area (Å²) in [6.07, 6.45) is 2.42. The summed E-state index contributed by atoms with van der Waals surface area (Å²) in [6.45, 7) is 5.07. The Balaban J connectivity index is 1.44. The van der Waals surface area contributed by atoms with Gasteiger partial charge in [0, 0.05) is 32.6 Å². The smallest absolute Gasteiger partial charge is 0.272 e. The first-order chi connectivity index (χ1) is 14.7. The first-order valence-corrected chi connectivity index (χ1v) is 11.2. The van der Waals surface area contributed by atoms with Gasteiger partial charge in [-0.3, -0.25) is 14.2 Å². The summed E-state index contributed by atoms with van der Waals surface area (Å²) < 4.78 is 7.81. The number of rotatable bonds is 8. The van der Waals surface area contributed by atoms with E-state index in [1.54, 1.807) is 4.57 Å². The summed E-state index contributed by atoms with van der Waals surface area (Å²) in [7, 11) is 0. The topological polar surface area (TPSA) is 76.5 Å². The van der Waals surface area contributed by atoms with Gasteiger partial charge in [0.05, 0.1) is 12.1 Å². The van der Waals surface area contributed by atoms with Crippen molar-refractivity contribution in [1.82, 2.24) is 14.9 Å². The Hall–Kier alpha value is -2.87. The molecule has 1 aliphatic rings. The lowest BCUT2D eigenvalue weighted by Crippen LogP contribution is -2.32. The van der Waals surface area contributed by atoms with E-state index in [0.29, 0.717) is 30.3 Å². The van der Waals surface area contributed by atoms with Gasteiger partial charge in [-0.15, -0.1) is 11.3 Å². The summed E-state index contributed by atoms with van der Waals surface area (Å²) in [4.78, 5) is 32.4. The second-order valence-corrected chi connectivity index (χ2v) is 8.22. The van der Waals surface area contributed by atoms with Gasteiger partial charge in [-0.25, -0.2) is 4.98 Å². The van der Waals surface area contributed by atoms with Crippen molar-refractivity contribution in [3.63, 3.8) is 0 Å². The van der Waals surface area contributed by atoms with Gasteiger partial charge in [-0.1, -0.05) is 12.1 Å². The zero-order valence-electron chi connectivity index (χ0n) is 17.1. The molecule has 0 bridgehead atoms. The molecule has 7 nitrogen and oxygen atoms in total. The van der Waals surface area contributed by atoms with Crippen molar-refractivity contribution in [3.05, 3.63) is 51.6 Å². The monoisotopic (exact) mass is 426 g/mol. The molecule has 3 aromatic rings. The van der Waals surface area contributed by atoms with Crippen LogP contribution in [-0.2, 0) is 17.9 Å². The molecule has 0 spiro atoms. The lowest BCUT2D eigenvalue weighted by atomic mass is 10.2. The molecule has 0 saturated carbocycles. The Bertz CT molecular complexity index is 1090. The van der Waals surface area contributed by atoms with Gasteiger partial charge in [-0.05, 0) is 48.9 Å². The van der Waals surface area contributed by atoms with Gasteiger partial charge < -0.3 is 15.0 Å². The zero-order valence-corrected chi connectivity index (χ0v) is 17.9. The Kier molecular flexibility index (Phi) is 6.32. The molecule has 3 heterocycles. The molecule has 158 valence electrons. The van der Waals surface area contributed by atoms with Crippen LogP contribution in [0, 0.1) is 0 Å². The second-order valence-electron chi connectivity index (χ2n) is 7.30. The Morgan fingerprint density at radius 2 is 2.10 bits per heavy atom. The van der Waals surface area contributed by atoms with Crippen molar-refractivity contribution in [2.75, 3.05) is 24.6 Å². The fourth-order valence-corrected chi connectivity index (χ4v) is 4.48. The summed E-state index contributed by atoms with van der Waals surface area (Å²) in [5.74, 6) is 1.38. The minimum Gasteiger partial charge on any atom is -0.494 e. The maximum Gasteiger partial charge on any atom is 0.272 e. The normalized spacial score (nSPS) is 13.7. The average Bonchev–Trinajstić information content (AvgIpc) is 3.44. The lowest BCUT2D eigenvalue weighted by molar-refractivity contribution is -0.121. The number of nitrogens with one attached hydrogen (secondary N) is 1. The van der Waals surface area contributed by atoms with E-state index in [-0.39, 0.29) is 17.9 Å². The van der Waals surface area contributed by atoms with Crippen molar-refractivity contribution in [2.45, 2.75) is 39.3 Å². The maximum atomic E-state index is 13.0. The van der Waals surface area contributed by atoms with Gasteiger partial charge in [0.1, 0.15) is 10.4 Å². The lowest BCUT2D eigenvalue weighted by Gasteiger charge is -2.21. The standard InChI is InChI=1S/C22H26N4O3S/c1-2-29-17-7-5-6-16(14-17)15-23-19(27)8-12-26-21(28)20-18(9-13-30-20)24-22(26)25-10-3-4-11-25/h5-7,9,13-14H,2-4,8,10-12,15H2,1H3,(H,23,27). The largest absolute Gasteiger partial charge is 0.494 e. The van der Waals surface area contributed by atoms with E-state index in [4.69, 9.17) is 9.72 Å². The van der Waals surface area contributed by atoms with Gasteiger partial charge in [0.15, 0.2) is 0 Å². The number of hydrogen-bond acceptors (Lipinski definition) is 6. The summed E-state index contributed by atoms with van der Waals surface area (Å²) in [6, 6.07) is 9.57. The molecule has 1 N–H and O–H groups in total. The highest BCUT2D eigenvalue weighted by Gasteiger charge is 2.21. The van der Waals surface area contributed by atoms with Gasteiger partial charge >= 0.3 is 0 Å². The second kappa shape index (κ2) is 9.30. The molecule has 1 amide bonds. The molecule has 1 fully saturated rings. The molecule has 30 heavy (non-hydrogen) atoms. The highest BCUT2D eigenvalue weighted by Crippen LogP contribution is 2.22. The van der Waals surface area contributed by atoms with E-state index in [9.17, 15) is 9.59 Å². The number of amides is 1. The van der Waals surface area contributed by atoms with E-state index in [1.165, 1.54) is 11.3 Å². The summed E-state index contributed by atoms with van der Waals surface area (Å²) in [5, 5.41) is 4.83. The number of hydrogen-bond donors (Lipinski definition) is 1. The molecule has 0 radical (unpaired) electrons. The van der Waals surface area contributed by atoms with Crippen LogP contribution in [0.25, 0.3) is 10.2 Å². The minimum atomic E-state index is -0.0950. The van der Waals surface area contributed by atoms with Crippen LogP contribution in [0.15, 0.2) is 40.5 Å². The van der Waals surface area contributed by atoms with Crippen LogP contribution >= 0.6 is 11.3 Å². The Labute approximate surface area is 179 Å². The molecule has 0 aliphatic carbocycles. The van der Waals surface area contributed by atoms with Crippen LogP contribution in [0.4, 0.5) is 5.95 Å².